The van der Waals surface area contributed by atoms with Crippen molar-refractivity contribution in [2.75, 3.05) is 0 Å². The predicted molar refractivity (Wildman–Crippen MR) is 80.6 cm³/mol. The van der Waals surface area contributed by atoms with E-state index in [9.17, 15) is 5.11 Å². The Kier molecular flexibility index (Phi) is 2.04. The first kappa shape index (κ1) is 10.4. The molecular formula is C18H12O. The summed E-state index contributed by atoms with van der Waals surface area (Å²) in [5.41, 5.74) is 0. The maximum absolute atomic E-state index is 9.57. The van der Waals surface area contributed by atoms with Crippen LogP contribution in [-0.2, 0) is 0 Å². The number of phenolic OH excluding ortho intramolecular Hbond substituents is 1. The van der Waals surface area contributed by atoms with Gasteiger partial charge in [0.15, 0.2) is 0 Å². The maximum atomic E-state index is 9.57. The Morgan fingerprint density at radius 2 is 0.947 bits per heavy atom. The molecule has 0 saturated carbocycles. The molecule has 0 unspecified atom stereocenters. The van der Waals surface area contributed by atoms with Crippen LogP contribution in [0.5, 0.6) is 5.75 Å². The molecule has 1 heteroatoms. The van der Waals surface area contributed by atoms with Crippen LogP contribution in [0, 0.1) is 0 Å². The average molecular weight is 244 g/mol. The van der Waals surface area contributed by atoms with Gasteiger partial charge >= 0.3 is 0 Å². The Morgan fingerprint density at radius 3 is 1.58 bits per heavy atom. The van der Waals surface area contributed by atoms with Crippen molar-refractivity contribution in [3.05, 3.63) is 66.7 Å². The summed E-state index contributed by atoms with van der Waals surface area (Å²) in [7, 11) is 0. The number of hydrogen-bond acceptors (Lipinski definition) is 1. The lowest BCUT2D eigenvalue weighted by Gasteiger charge is -2.05. The summed E-state index contributed by atoms with van der Waals surface area (Å²) >= 11 is 0. The molecule has 0 aliphatic heterocycles. The van der Waals surface area contributed by atoms with Crippen LogP contribution in [0.2, 0.25) is 0 Å². The number of hydrogen-bond donors (Lipinski definition) is 1. The zero-order valence-corrected chi connectivity index (χ0v) is 10.3. The van der Waals surface area contributed by atoms with Crippen LogP contribution in [-0.4, -0.2) is 5.11 Å². The molecule has 0 radical (unpaired) electrons. The second-order valence-electron chi connectivity index (χ2n) is 4.93. The van der Waals surface area contributed by atoms with Gasteiger partial charge in [0, 0.05) is 0 Å². The highest BCUT2D eigenvalue weighted by Crippen LogP contribution is 2.28. The first-order valence-corrected chi connectivity index (χ1v) is 6.35. The highest BCUT2D eigenvalue weighted by atomic mass is 16.3. The van der Waals surface area contributed by atoms with Gasteiger partial charge < -0.3 is 5.11 Å². The normalized spacial score (nSPS) is 11.4. The van der Waals surface area contributed by atoms with Gasteiger partial charge in [0.05, 0.1) is 0 Å². The van der Waals surface area contributed by atoms with E-state index in [1.807, 2.05) is 12.1 Å². The Hall–Kier alpha value is -2.54. The van der Waals surface area contributed by atoms with Gasteiger partial charge in [-0.3, -0.25) is 0 Å². The first-order valence-electron chi connectivity index (χ1n) is 6.35. The minimum Gasteiger partial charge on any atom is -0.508 e. The van der Waals surface area contributed by atoms with Crippen LogP contribution in [0.3, 0.4) is 0 Å². The fourth-order valence-electron chi connectivity index (χ4n) is 2.68. The summed E-state index contributed by atoms with van der Waals surface area (Å²) < 4.78 is 0. The molecule has 1 N–H and O–H groups in total. The van der Waals surface area contributed by atoms with Gasteiger partial charge in [-0.15, -0.1) is 0 Å². The predicted octanol–water partition coefficient (Wildman–Crippen LogP) is 4.85. The molecule has 0 aliphatic rings. The summed E-state index contributed by atoms with van der Waals surface area (Å²) in [6.07, 6.45) is 0. The number of fused-ring (bicyclic) bond motifs is 3. The van der Waals surface area contributed by atoms with Gasteiger partial charge in [-0.1, -0.05) is 30.3 Å². The van der Waals surface area contributed by atoms with Crippen molar-refractivity contribution in [3.8, 4) is 5.75 Å². The molecule has 0 aromatic heterocycles. The summed E-state index contributed by atoms with van der Waals surface area (Å²) in [5, 5.41) is 16.7. The van der Waals surface area contributed by atoms with Crippen LogP contribution in [0.4, 0.5) is 0 Å². The van der Waals surface area contributed by atoms with Crippen LogP contribution in [0.25, 0.3) is 32.3 Å². The number of rotatable bonds is 0. The van der Waals surface area contributed by atoms with E-state index >= 15 is 0 Å². The monoisotopic (exact) mass is 244 g/mol. The van der Waals surface area contributed by atoms with Crippen molar-refractivity contribution < 1.29 is 5.11 Å². The van der Waals surface area contributed by atoms with E-state index in [0.29, 0.717) is 5.75 Å². The fraction of sp³-hybridized carbons (Fsp3) is 0. The van der Waals surface area contributed by atoms with E-state index in [4.69, 9.17) is 0 Å². The molecule has 1 nitrogen and oxygen atoms in total. The van der Waals surface area contributed by atoms with E-state index in [1.165, 1.54) is 21.5 Å². The molecule has 19 heavy (non-hydrogen) atoms. The van der Waals surface area contributed by atoms with Gasteiger partial charge in [0.25, 0.3) is 0 Å². The number of aromatic hydroxyl groups is 1. The molecule has 0 amide bonds. The van der Waals surface area contributed by atoms with Crippen LogP contribution in [0.1, 0.15) is 0 Å². The van der Waals surface area contributed by atoms with Crippen molar-refractivity contribution in [2.45, 2.75) is 0 Å². The quantitative estimate of drug-likeness (QED) is 0.438. The molecule has 4 rings (SSSR count). The van der Waals surface area contributed by atoms with Crippen molar-refractivity contribution in [1.82, 2.24) is 0 Å². The van der Waals surface area contributed by atoms with Crippen LogP contribution in [0.15, 0.2) is 66.7 Å². The molecule has 0 saturated heterocycles. The minimum absolute atomic E-state index is 0.313. The molecule has 0 bridgehead atoms. The standard InChI is InChI=1S/C18H12O/c19-18-6-5-14-9-15-7-12-3-1-2-4-13(12)8-16(15)10-17(14)11-18/h1-11,19H. The van der Waals surface area contributed by atoms with Crippen molar-refractivity contribution >= 4 is 32.3 Å². The molecular weight excluding hydrogens is 232 g/mol. The van der Waals surface area contributed by atoms with Crippen molar-refractivity contribution in [3.63, 3.8) is 0 Å². The Balaban J connectivity index is 2.16. The average Bonchev–Trinajstić information content (AvgIpc) is 2.43. The molecule has 90 valence electrons. The summed E-state index contributed by atoms with van der Waals surface area (Å²) in [4.78, 5) is 0. The van der Waals surface area contributed by atoms with E-state index in [2.05, 4.69) is 48.5 Å². The topological polar surface area (TPSA) is 20.2 Å². The zero-order valence-electron chi connectivity index (χ0n) is 10.3. The third-order valence-electron chi connectivity index (χ3n) is 3.64. The second-order valence-corrected chi connectivity index (χ2v) is 4.93. The van der Waals surface area contributed by atoms with Crippen molar-refractivity contribution in [2.24, 2.45) is 0 Å². The molecule has 0 spiro atoms. The Morgan fingerprint density at radius 1 is 0.474 bits per heavy atom. The largest absolute Gasteiger partial charge is 0.508 e. The lowest BCUT2D eigenvalue weighted by atomic mass is 10.00. The molecule has 4 aromatic rings. The van der Waals surface area contributed by atoms with E-state index in [-0.39, 0.29) is 0 Å². The van der Waals surface area contributed by atoms with E-state index < -0.39 is 0 Å². The molecule has 0 heterocycles. The van der Waals surface area contributed by atoms with Crippen LogP contribution >= 0.6 is 0 Å². The Labute approximate surface area is 110 Å². The van der Waals surface area contributed by atoms with Crippen LogP contribution < -0.4 is 0 Å². The van der Waals surface area contributed by atoms with Gasteiger partial charge in [0.2, 0.25) is 0 Å². The highest BCUT2D eigenvalue weighted by molar-refractivity contribution is 6.04. The molecule has 0 aliphatic carbocycles. The molecule has 4 aromatic carbocycles. The fourth-order valence-corrected chi connectivity index (χ4v) is 2.68. The Bertz CT molecular complexity index is 922. The third-order valence-corrected chi connectivity index (χ3v) is 3.64. The SMILES string of the molecule is Oc1ccc2cc3cc4ccccc4cc3cc2c1. The molecule has 0 atom stereocenters. The lowest BCUT2D eigenvalue weighted by Crippen LogP contribution is -1.78. The van der Waals surface area contributed by atoms with Crippen molar-refractivity contribution in [1.29, 1.82) is 0 Å². The van der Waals surface area contributed by atoms with Gasteiger partial charge in [0.1, 0.15) is 5.75 Å². The zero-order chi connectivity index (χ0) is 12.8. The smallest absolute Gasteiger partial charge is 0.116 e. The summed E-state index contributed by atoms with van der Waals surface area (Å²) in [5.74, 6) is 0.313. The summed E-state index contributed by atoms with van der Waals surface area (Å²) in [6, 6.07) is 22.6. The van der Waals surface area contributed by atoms with Gasteiger partial charge in [-0.25, -0.2) is 0 Å². The second kappa shape index (κ2) is 3.72. The van der Waals surface area contributed by atoms with Gasteiger partial charge in [-0.2, -0.15) is 0 Å². The minimum atomic E-state index is 0.313. The summed E-state index contributed by atoms with van der Waals surface area (Å²) in [6.45, 7) is 0. The highest BCUT2D eigenvalue weighted by Gasteiger charge is 2.01. The third kappa shape index (κ3) is 1.63. The van der Waals surface area contributed by atoms with Gasteiger partial charge in [-0.05, 0) is 68.7 Å². The van der Waals surface area contributed by atoms with E-state index in [0.717, 1.165) is 10.8 Å². The lowest BCUT2D eigenvalue weighted by molar-refractivity contribution is 0.476. The number of phenols is 1. The van der Waals surface area contributed by atoms with E-state index in [1.54, 1.807) is 6.07 Å². The molecule has 0 fully saturated rings. The number of benzene rings is 4. The maximum Gasteiger partial charge on any atom is 0.116 e. The first-order chi connectivity index (χ1) is 9.29.